The number of carbonyl (C=O) groups is 1. The molecule has 2 saturated heterocycles. The van der Waals surface area contributed by atoms with Crippen molar-refractivity contribution in [2.75, 3.05) is 50.7 Å². The molecule has 0 radical (unpaired) electrons. The molecule has 3 aromatic rings. The average Bonchev–Trinajstić information content (AvgIpc) is 3.30. The zero-order valence-corrected chi connectivity index (χ0v) is 20.0. The number of unbranched alkanes of at least 4 members (excludes halogenated alkanes) is 1. The van der Waals surface area contributed by atoms with E-state index in [1.165, 1.54) is 29.5 Å². The number of piperazine rings is 1. The van der Waals surface area contributed by atoms with Gasteiger partial charge in [-0.2, -0.15) is 0 Å². The summed E-state index contributed by atoms with van der Waals surface area (Å²) in [4.78, 5) is 22.8. The number of piperidine rings is 1. The Kier molecular flexibility index (Phi) is 7.34. The normalized spacial score (nSPS) is 17.3. The number of aromatic amines is 1. The second-order valence-corrected chi connectivity index (χ2v) is 9.56. The van der Waals surface area contributed by atoms with Crippen LogP contribution in [0.4, 0.5) is 10.5 Å². The molecule has 0 atom stereocenters. The van der Waals surface area contributed by atoms with Crippen LogP contribution < -0.4 is 9.64 Å². The first-order valence-corrected chi connectivity index (χ1v) is 12.9. The topological polar surface area (TPSA) is 51.8 Å². The number of ether oxygens (including phenoxy) is 1. The van der Waals surface area contributed by atoms with E-state index in [2.05, 4.69) is 51.3 Å². The van der Waals surface area contributed by atoms with Crippen molar-refractivity contribution in [1.29, 1.82) is 0 Å². The van der Waals surface area contributed by atoms with Crippen LogP contribution in [0.3, 0.4) is 0 Å². The highest BCUT2D eigenvalue weighted by Crippen LogP contribution is 2.26. The van der Waals surface area contributed by atoms with E-state index in [0.29, 0.717) is 5.75 Å². The molecular formula is C28H36N4O2. The molecule has 0 aliphatic carbocycles. The molecule has 6 nitrogen and oxygen atoms in total. The molecule has 0 unspecified atom stereocenters. The van der Waals surface area contributed by atoms with E-state index in [1.54, 1.807) is 0 Å². The summed E-state index contributed by atoms with van der Waals surface area (Å²) in [5, 5.41) is 1.17. The quantitative estimate of drug-likeness (QED) is 0.486. The Morgan fingerprint density at radius 1 is 0.882 bits per heavy atom. The molecule has 180 valence electrons. The predicted molar refractivity (Wildman–Crippen MR) is 138 cm³/mol. The zero-order chi connectivity index (χ0) is 23.2. The van der Waals surface area contributed by atoms with E-state index in [-0.39, 0.29) is 6.09 Å². The van der Waals surface area contributed by atoms with Crippen LogP contribution in [0.5, 0.6) is 5.75 Å². The largest absolute Gasteiger partial charge is 0.415 e. The van der Waals surface area contributed by atoms with Crippen LogP contribution in [0, 0.1) is 0 Å². The highest BCUT2D eigenvalue weighted by Gasteiger charge is 2.19. The van der Waals surface area contributed by atoms with Gasteiger partial charge in [0, 0.05) is 62.1 Å². The number of carbonyl (C=O) groups excluding carboxylic acids is 1. The van der Waals surface area contributed by atoms with Crippen LogP contribution >= 0.6 is 0 Å². The lowest BCUT2D eigenvalue weighted by Crippen LogP contribution is -2.46. The first-order chi connectivity index (χ1) is 16.8. The molecule has 0 bridgehead atoms. The van der Waals surface area contributed by atoms with Gasteiger partial charge in [-0.1, -0.05) is 18.2 Å². The number of fused-ring (bicyclic) bond motifs is 1. The van der Waals surface area contributed by atoms with Gasteiger partial charge in [0.25, 0.3) is 0 Å². The third-order valence-electron chi connectivity index (χ3n) is 7.22. The van der Waals surface area contributed by atoms with E-state index in [4.69, 9.17) is 4.74 Å². The minimum Gasteiger partial charge on any atom is -0.410 e. The Morgan fingerprint density at radius 2 is 1.68 bits per heavy atom. The highest BCUT2D eigenvalue weighted by atomic mass is 16.6. The minimum absolute atomic E-state index is 0.219. The summed E-state index contributed by atoms with van der Waals surface area (Å²) in [6, 6.07) is 16.7. The third-order valence-corrected chi connectivity index (χ3v) is 7.22. The number of hydrogen-bond acceptors (Lipinski definition) is 4. The fraction of sp³-hybridized carbons (Fsp3) is 0.464. The first-order valence-electron chi connectivity index (χ1n) is 12.9. The fourth-order valence-electron chi connectivity index (χ4n) is 5.19. The Hall–Kier alpha value is -2.99. The van der Waals surface area contributed by atoms with Crippen LogP contribution in [0.2, 0.25) is 0 Å². The zero-order valence-electron chi connectivity index (χ0n) is 20.0. The van der Waals surface area contributed by atoms with Gasteiger partial charge in [-0.05, 0) is 81.0 Å². The number of hydrogen-bond donors (Lipinski definition) is 1. The summed E-state index contributed by atoms with van der Waals surface area (Å²) >= 11 is 0. The average molecular weight is 461 g/mol. The molecule has 2 aliphatic heterocycles. The molecule has 0 saturated carbocycles. The van der Waals surface area contributed by atoms with Gasteiger partial charge in [-0.25, -0.2) is 4.79 Å². The van der Waals surface area contributed by atoms with Crippen LogP contribution in [0.25, 0.3) is 10.9 Å². The third kappa shape index (κ3) is 5.55. The van der Waals surface area contributed by atoms with Crippen LogP contribution in [0.15, 0.2) is 54.7 Å². The second kappa shape index (κ2) is 11.0. The lowest BCUT2D eigenvalue weighted by molar-refractivity contribution is 0.142. The molecule has 1 aromatic heterocycles. The fourth-order valence-corrected chi connectivity index (χ4v) is 5.19. The number of para-hydroxylation sites is 1. The first kappa shape index (κ1) is 22.8. The molecular weight excluding hydrogens is 424 g/mol. The summed E-state index contributed by atoms with van der Waals surface area (Å²) in [7, 11) is 0. The number of aromatic nitrogens is 1. The van der Waals surface area contributed by atoms with Gasteiger partial charge >= 0.3 is 6.09 Å². The molecule has 3 heterocycles. The summed E-state index contributed by atoms with van der Waals surface area (Å²) < 4.78 is 5.69. The predicted octanol–water partition coefficient (Wildman–Crippen LogP) is 5.30. The molecule has 0 spiro atoms. The van der Waals surface area contributed by atoms with E-state index in [9.17, 15) is 4.79 Å². The van der Waals surface area contributed by atoms with Gasteiger partial charge < -0.3 is 19.5 Å². The number of amides is 1. The van der Waals surface area contributed by atoms with E-state index in [1.807, 2.05) is 23.1 Å². The van der Waals surface area contributed by atoms with Gasteiger partial charge in [0.05, 0.1) is 0 Å². The molecule has 2 fully saturated rings. The lowest BCUT2D eigenvalue weighted by Gasteiger charge is -2.36. The monoisotopic (exact) mass is 460 g/mol. The van der Waals surface area contributed by atoms with Crippen molar-refractivity contribution in [2.24, 2.45) is 0 Å². The number of H-pyrrole nitrogens is 1. The maximum Gasteiger partial charge on any atom is 0.415 e. The maximum atomic E-state index is 12.5. The number of anilines is 1. The maximum absolute atomic E-state index is 12.5. The number of nitrogens with one attached hydrogen (secondary N) is 1. The van der Waals surface area contributed by atoms with Crippen LogP contribution in [-0.2, 0) is 6.42 Å². The molecule has 5 rings (SSSR count). The van der Waals surface area contributed by atoms with Crippen LogP contribution in [-0.4, -0.2) is 66.7 Å². The molecule has 2 aliphatic rings. The van der Waals surface area contributed by atoms with Crippen molar-refractivity contribution < 1.29 is 9.53 Å². The Balaban J connectivity index is 1.09. The number of rotatable bonds is 7. The number of nitrogens with zero attached hydrogens (tertiary/aromatic N) is 3. The van der Waals surface area contributed by atoms with Gasteiger partial charge in [-0.15, -0.1) is 0 Å². The van der Waals surface area contributed by atoms with Crippen molar-refractivity contribution in [1.82, 2.24) is 14.8 Å². The van der Waals surface area contributed by atoms with Crippen molar-refractivity contribution in [3.63, 3.8) is 0 Å². The Labute approximate surface area is 202 Å². The van der Waals surface area contributed by atoms with Gasteiger partial charge in [0.2, 0.25) is 0 Å². The van der Waals surface area contributed by atoms with Crippen LogP contribution in [0.1, 0.15) is 37.7 Å². The number of benzene rings is 2. The minimum atomic E-state index is -0.219. The molecule has 1 N–H and O–H groups in total. The molecule has 6 heteroatoms. The van der Waals surface area contributed by atoms with Crippen molar-refractivity contribution in [3.05, 3.63) is 60.3 Å². The highest BCUT2D eigenvalue weighted by molar-refractivity contribution is 5.85. The summed E-state index contributed by atoms with van der Waals surface area (Å²) in [6.45, 7) is 7.23. The number of likely N-dealkylation sites (tertiary alicyclic amines) is 1. The van der Waals surface area contributed by atoms with Crippen molar-refractivity contribution in [2.45, 2.75) is 38.5 Å². The second-order valence-electron chi connectivity index (χ2n) is 9.56. The standard InChI is InChI=1S/C28H36N4O2/c33-28(32-15-6-2-7-16-32)34-25-12-13-27-26(21-25)23(22-29-27)9-5-8-14-30-17-19-31(20-18-30)24-10-3-1-4-11-24/h1,3-4,10-13,21-22,29H,2,5-9,14-20H2. The number of aryl methyl sites for hydroxylation is 1. The molecule has 34 heavy (non-hydrogen) atoms. The lowest BCUT2D eigenvalue weighted by atomic mass is 10.1. The summed E-state index contributed by atoms with van der Waals surface area (Å²) in [5.74, 6) is 0.639. The van der Waals surface area contributed by atoms with Crippen molar-refractivity contribution >= 4 is 22.7 Å². The van der Waals surface area contributed by atoms with E-state index >= 15 is 0 Å². The molecule has 1 amide bonds. The van der Waals surface area contributed by atoms with Gasteiger partial charge in [0.15, 0.2) is 0 Å². The van der Waals surface area contributed by atoms with Crippen molar-refractivity contribution in [3.8, 4) is 5.75 Å². The van der Waals surface area contributed by atoms with E-state index < -0.39 is 0 Å². The van der Waals surface area contributed by atoms with E-state index in [0.717, 1.165) is 77.0 Å². The van der Waals surface area contributed by atoms with Gasteiger partial charge in [0.1, 0.15) is 5.75 Å². The molecule has 2 aromatic carbocycles. The Morgan fingerprint density at radius 3 is 2.47 bits per heavy atom. The summed E-state index contributed by atoms with van der Waals surface area (Å²) in [5.41, 5.74) is 3.74. The van der Waals surface area contributed by atoms with Gasteiger partial charge in [-0.3, -0.25) is 4.90 Å². The smallest absolute Gasteiger partial charge is 0.410 e. The summed E-state index contributed by atoms with van der Waals surface area (Å²) in [6.07, 6.45) is 8.62. The Bertz CT molecular complexity index is 1070. The SMILES string of the molecule is O=C(Oc1ccc2[nH]cc(CCCCN3CCN(c4ccccc4)CC3)c2c1)N1CCCCC1.